The fourth-order valence-electron chi connectivity index (χ4n) is 3.90. The number of hydrogen-bond acceptors (Lipinski definition) is 7. The van der Waals surface area contributed by atoms with Crippen LogP contribution >= 0.6 is 0 Å². The van der Waals surface area contributed by atoms with Crippen LogP contribution in [0.5, 0.6) is 17.2 Å². The maximum absolute atomic E-state index is 13.4. The van der Waals surface area contributed by atoms with E-state index >= 15 is 0 Å². The summed E-state index contributed by atoms with van der Waals surface area (Å²) in [4.78, 5) is 2.04. The summed E-state index contributed by atoms with van der Waals surface area (Å²) in [5.41, 5.74) is -1.40. The normalized spacial score (nSPS) is 17.0. The Hall–Kier alpha value is -2.60. The molecule has 0 unspecified atom stereocenters. The Bertz CT molecular complexity index is 937. The van der Waals surface area contributed by atoms with Crippen molar-refractivity contribution in [3.63, 3.8) is 0 Å². The van der Waals surface area contributed by atoms with Gasteiger partial charge in [-0.05, 0) is 68.4 Å². The number of piperidine rings is 1. The number of rotatable bonds is 12. The molecule has 36 heavy (non-hydrogen) atoms. The molecule has 11 heteroatoms. The maximum Gasteiger partial charge on any atom is 0.419 e. The monoisotopic (exact) mass is 516 g/mol. The molecule has 0 aromatic heterocycles. The van der Waals surface area contributed by atoms with E-state index in [4.69, 9.17) is 14.2 Å². The number of likely N-dealkylation sites (tertiary alicyclic amines) is 1. The summed E-state index contributed by atoms with van der Waals surface area (Å²) in [6.45, 7) is 2.06. The van der Waals surface area contributed by atoms with Crippen molar-refractivity contribution in [2.45, 2.75) is 37.3 Å². The van der Waals surface area contributed by atoms with Gasteiger partial charge in [-0.15, -0.1) is 0 Å². The number of halogens is 4. The van der Waals surface area contributed by atoms with Gasteiger partial charge in [0.25, 0.3) is 0 Å². The first kappa shape index (κ1) is 28.0. The van der Waals surface area contributed by atoms with Crippen LogP contribution in [-0.2, 0) is 6.18 Å². The third kappa shape index (κ3) is 8.81. The number of aliphatic hydroxyl groups excluding tert-OH is 2. The Morgan fingerprint density at radius 2 is 1.53 bits per heavy atom. The lowest BCUT2D eigenvalue weighted by Crippen LogP contribution is -2.47. The van der Waals surface area contributed by atoms with Gasteiger partial charge in [0.2, 0.25) is 0 Å². The maximum atomic E-state index is 13.4. The summed E-state index contributed by atoms with van der Waals surface area (Å²) in [7, 11) is 1.58. The van der Waals surface area contributed by atoms with Crippen molar-refractivity contribution in [2.24, 2.45) is 0 Å². The molecule has 3 N–H and O–H groups in total. The van der Waals surface area contributed by atoms with E-state index in [-0.39, 0.29) is 25.0 Å². The van der Waals surface area contributed by atoms with Crippen molar-refractivity contribution >= 4 is 0 Å². The van der Waals surface area contributed by atoms with E-state index in [1.807, 2.05) is 4.90 Å². The van der Waals surface area contributed by atoms with Gasteiger partial charge in [0.1, 0.15) is 48.5 Å². The molecule has 1 saturated heterocycles. The Kier molecular flexibility index (Phi) is 10.2. The second-order valence-corrected chi connectivity index (χ2v) is 8.73. The average Bonchev–Trinajstić information content (AvgIpc) is 2.86. The van der Waals surface area contributed by atoms with Crippen LogP contribution in [0.4, 0.5) is 17.6 Å². The van der Waals surface area contributed by atoms with Crippen molar-refractivity contribution in [1.82, 2.24) is 10.2 Å². The summed E-state index contributed by atoms with van der Waals surface area (Å²) in [6.07, 6.45) is -4.78. The molecule has 0 aliphatic carbocycles. The molecule has 0 amide bonds. The molecule has 0 bridgehead atoms. The fraction of sp³-hybridized carbons (Fsp3) is 0.520. The molecule has 200 valence electrons. The molecule has 1 heterocycles. The Morgan fingerprint density at radius 1 is 0.944 bits per heavy atom. The number of methoxy groups -OCH3 is 1. The van der Waals surface area contributed by atoms with E-state index in [0.717, 1.165) is 24.7 Å². The molecule has 1 fully saturated rings. The molecule has 0 spiro atoms. The lowest BCUT2D eigenvalue weighted by molar-refractivity contribution is -0.140. The lowest BCUT2D eigenvalue weighted by atomic mass is 10.0. The third-order valence-corrected chi connectivity index (χ3v) is 5.89. The number of ether oxygens (including phenoxy) is 3. The van der Waals surface area contributed by atoms with Crippen molar-refractivity contribution in [3.8, 4) is 17.2 Å². The minimum Gasteiger partial charge on any atom is -0.497 e. The van der Waals surface area contributed by atoms with Gasteiger partial charge in [-0.3, -0.25) is 0 Å². The van der Waals surface area contributed by atoms with Crippen LogP contribution < -0.4 is 19.5 Å². The molecule has 2 atom stereocenters. The predicted molar refractivity (Wildman–Crippen MR) is 125 cm³/mol. The molecule has 0 saturated carbocycles. The minimum absolute atomic E-state index is 0.153. The van der Waals surface area contributed by atoms with Crippen LogP contribution in [0.3, 0.4) is 0 Å². The third-order valence-electron chi connectivity index (χ3n) is 5.89. The van der Waals surface area contributed by atoms with Crippen molar-refractivity contribution < 1.29 is 42.0 Å². The van der Waals surface area contributed by atoms with Gasteiger partial charge in [0, 0.05) is 19.1 Å². The van der Waals surface area contributed by atoms with E-state index < -0.39 is 29.8 Å². The van der Waals surface area contributed by atoms with Crippen LogP contribution in [0.15, 0.2) is 42.5 Å². The smallest absolute Gasteiger partial charge is 0.419 e. The van der Waals surface area contributed by atoms with Crippen LogP contribution in [0, 0.1) is 5.82 Å². The molecule has 1 aliphatic rings. The van der Waals surface area contributed by atoms with Crippen molar-refractivity contribution in [3.05, 3.63) is 53.8 Å². The second-order valence-electron chi connectivity index (χ2n) is 8.73. The standard InChI is InChI=1S/C25H32F4N2O5/c1-34-20-2-4-21(5-3-20)35-15-18(32)13-30-17-8-10-31(11-9-17)14-19(33)16-36-22-6-7-24(26)23(12-22)25(27,28)29/h2-7,12,17-19,30,32-33H,8-11,13-16H2,1H3/t18-,19+/m1/s1. The highest BCUT2D eigenvalue weighted by atomic mass is 19.4. The first-order valence-corrected chi connectivity index (χ1v) is 11.7. The van der Waals surface area contributed by atoms with Crippen molar-refractivity contribution in [2.75, 3.05) is 46.5 Å². The van der Waals surface area contributed by atoms with E-state index in [2.05, 4.69) is 5.32 Å². The Balaban J connectivity index is 1.31. The zero-order chi connectivity index (χ0) is 26.1. The van der Waals surface area contributed by atoms with Gasteiger partial charge in [0.15, 0.2) is 0 Å². The van der Waals surface area contributed by atoms with Gasteiger partial charge in [-0.1, -0.05) is 0 Å². The number of aliphatic hydroxyl groups is 2. The minimum atomic E-state index is -4.82. The van der Waals surface area contributed by atoms with Crippen LogP contribution in [0.1, 0.15) is 18.4 Å². The zero-order valence-corrected chi connectivity index (χ0v) is 20.0. The van der Waals surface area contributed by atoms with Gasteiger partial charge in [-0.25, -0.2) is 4.39 Å². The number of hydrogen-bond donors (Lipinski definition) is 3. The molecular weight excluding hydrogens is 484 g/mol. The quantitative estimate of drug-likeness (QED) is 0.374. The summed E-state index contributed by atoms with van der Waals surface area (Å²) in [5, 5.41) is 23.8. The SMILES string of the molecule is COc1ccc(OC[C@H](O)CNC2CCN(C[C@H](O)COc3ccc(F)c(C(F)(F)F)c3)CC2)cc1. The van der Waals surface area contributed by atoms with Gasteiger partial charge >= 0.3 is 6.18 Å². The molecule has 2 aromatic rings. The topological polar surface area (TPSA) is 83.4 Å². The zero-order valence-electron chi connectivity index (χ0n) is 20.0. The van der Waals surface area contributed by atoms with E-state index in [1.54, 1.807) is 31.4 Å². The number of nitrogens with one attached hydrogen (secondary N) is 1. The van der Waals surface area contributed by atoms with Gasteiger partial charge < -0.3 is 34.6 Å². The summed E-state index contributed by atoms with van der Waals surface area (Å²) in [6, 6.07) is 9.71. The molecule has 2 aromatic carbocycles. The molecule has 7 nitrogen and oxygen atoms in total. The van der Waals surface area contributed by atoms with Crippen LogP contribution in [0.2, 0.25) is 0 Å². The summed E-state index contributed by atoms with van der Waals surface area (Å²) in [5.74, 6) is -0.154. The van der Waals surface area contributed by atoms with E-state index in [0.29, 0.717) is 44.1 Å². The number of alkyl halides is 3. The van der Waals surface area contributed by atoms with Gasteiger partial charge in [-0.2, -0.15) is 13.2 Å². The molecular formula is C25H32F4N2O5. The highest BCUT2D eigenvalue weighted by molar-refractivity contribution is 5.32. The van der Waals surface area contributed by atoms with E-state index in [1.165, 1.54) is 0 Å². The molecule has 0 radical (unpaired) electrons. The van der Waals surface area contributed by atoms with E-state index in [9.17, 15) is 27.8 Å². The second kappa shape index (κ2) is 13.1. The van der Waals surface area contributed by atoms with Gasteiger partial charge in [0.05, 0.1) is 12.7 Å². The summed E-state index contributed by atoms with van der Waals surface area (Å²) < 4.78 is 67.8. The Labute approximate surface area is 207 Å². The number of nitrogens with zero attached hydrogens (tertiary/aromatic N) is 1. The lowest BCUT2D eigenvalue weighted by Gasteiger charge is -2.33. The average molecular weight is 517 g/mol. The van der Waals surface area contributed by atoms with Crippen molar-refractivity contribution in [1.29, 1.82) is 0 Å². The summed E-state index contributed by atoms with van der Waals surface area (Å²) >= 11 is 0. The first-order chi connectivity index (χ1) is 17.1. The highest BCUT2D eigenvalue weighted by Gasteiger charge is 2.34. The first-order valence-electron chi connectivity index (χ1n) is 11.7. The molecule has 3 rings (SSSR count). The molecule has 1 aliphatic heterocycles. The number of benzene rings is 2. The number of β-amino-alcohol motifs (C(OH)–C–C–N with tert-alkyl or cyclic N) is 1. The Morgan fingerprint density at radius 3 is 2.17 bits per heavy atom. The van der Waals surface area contributed by atoms with Crippen LogP contribution in [-0.4, -0.2) is 79.9 Å². The van der Waals surface area contributed by atoms with Crippen LogP contribution in [0.25, 0.3) is 0 Å². The highest BCUT2D eigenvalue weighted by Crippen LogP contribution is 2.33. The predicted octanol–water partition coefficient (Wildman–Crippen LogP) is 3.09. The fourth-order valence-corrected chi connectivity index (χ4v) is 3.90. The largest absolute Gasteiger partial charge is 0.497 e.